The van der Waals surface area contributed by atoms with Gasteiger partial charge in [-0.15, -0.1) is 0 Å². The molecule has 0 spiro atoms. The Balaban J connectivity index is 1.55. The molecule has 28 heavy (non-hydrogen) atoms. The zero-order chi connectivity index (χ0) is 19.9. The van der Waals surface area contributed by atoms with Crippen LogP contribution in [0.3, 0.4) is 0 Å². The van der Waals surface area contributed by atoms with Crippen LogP contribution in [0, 0.1) is 11.8 Å². The molecule has 0 N–H and O–H groups in total. The Morgan fingerprint density at radius 1 is 0.536 bits per heavy atom. The van der Waals surface area contributed by atoms with E-state index < -0.39 is 0 Å². The lowest BCUT2D eigenvalue weighted by Crippen LogP contribution is -2.30. The fourth-order valence-corrected chi connectivity index (χ4v) is 4.53. The lowest BCUT2D eigenvalue weighted by molar-refractivity contribution is 0.00196. The molecule has 0 heterocycles. The largest absolute Gasteiger partial charge is 0.374 e. The van der Waals surface area contributed by atoms with Gasteiger partial charge in [0.05, 0.1) is 25.4 Å². The van der Waals surface area contributed by atoms with Crippen molar-refractivity contribution in [3.05, 3.63) is 48.6 Å². The van der Waals surface area contributed by atoms with E-state index in [1.54, 1.807) is 0 Å². The van der Waals surface area contributed by atoms with Crippen LogP contribution < -0.4 is 0 Å². The molecule has 2 nitrogen and oxygen atoms in total. The van der Waals surface area contributed by atoms with Gasteiger partial charge in [-0.2, -0.15) is 0 Å². The third-order valence-corrected chi connectivity index (χ3v) is 6.20. The molecular weight excluding hydrogens is 344 g/mol. The lowest BCUT2D eigenvalue weighted by atomic mass is 9.72. The Hall–Kier alpha value is -1.12. The topological polar surface area (TPSA) is 18.5 Å². The summed E-state index contributed by atoms with van der Waals surface area (Å²) >= 11 is 0. The number of rotatable bonds is 11. The predicted molar refractivity (Wildman–Crippen MR) is 121 cm³/mol. The average molecular weight is 387 g/mol. The predicted octanol–water partition coefficient (Wildman–Crippen LogP) is 7.18. The molecule has 2 heteroatoms. The maximum atomic E-state index is 6.04. The van der Waals surface area contributed by atoms with Gasteiger partial charge in [-0.25, -0.2) is 0 Å². The fraction of sp³-hybridized carbons (Fsp3) is 0.692. The van der Waals surface area contributed by atoms with Crippen LogP contribution in [-0.2, 0) is 9.47 Å². The SMILES string of the molecule is CCC=CC=CCOC1CCC(C2CCC(OCC=CC=CCC)CC2)CC1. The van der Waals surface area contributed by atoms with E-state index in [9.17, 15) is 0 Å². The monoisotopic (exact) mass is 386 g/mol. The highest BCUT2D eigenvalue weighted by Gasteiger charge is 2.31. The van der Waals surface area contributed by atoms with Crippen molar-refractivity contribution in [3.8, 4) is 0 Å². The summed E-state index contributed by atoms with van der Waals surface area (Å²) in [6.45, 7) is 5.83. The molecular formula is C26H42O2. The van der Waals surface area contributed by atoms with Crippen molar-refractivity contribution < 1.29 is 9.47 Å². The van der Waals surface area contributed by atoms with E-state index in [2.05, 4.69) is 62.5 Å². The minimum absolute atomic E-state index is 0.476. The molecule has 0 atom stereocenters. The van der Waals surface area contributed by atoms with Gasteiger partial charge >= 0.3 is 0 Å². The zero-order valence-corrected chi connectivity index (χ0v) is 18.2. The standard InChI is InChI=1S/C26H42O2/c1-3-5-7-9-11-21-27-25-17-13-23(14-18-25)24-15-19-26(20-16-24)28-22-12-10-8-6-4-2/h5-12,23-26H,3-4,13-22H2,1-2H3. The summed E-state index contributed by atoms with van der Waals surface area (Å²) in [5.74, 6) is 1.84. The van der Waals surface area contributed by atoms with E-state index >= 15 is 0 Å². The highest BCUT2D eigenvalue weighted by atomic mass is 16.5. The smallest absolute Gasteiger partial charge is 0.0654 e. The molecule has 0 amide bonds. The Labute approximate surface area is 173 Å². The molecule has 158 valence electrons. The van der Waals surface area contributed by atoms with Gasteiger partial charge in [-0.3, -0.25) is 0 Å². The fourth-order valence-electron chi connectivity index (χ4n) is 4.53. The summed E-state index contributed by atoms with van der Waals surface area (Å²) < 4.78 is 12.1. The van der Waals surface area contributed by atoms with E-state index in [0.29, 0.717) is 12.2 Å². The van der Waals surface area contributed by atoms with Crippen molar-refractivity contribution in [2.45, 2.75) is 90.3 Å². The summed E-state index contributed by atoms with van der Waals surface area (Å²) in [5, 5.41) is 0. The van der Waals surface area contributed by atoms with E-state index in [-0.39, 0.29) is 0 Å². The molecule has 0 saturated heterocycles. The highest BCUT2D eigenvalue weighted by molar-refractivity contribution is 5.02. The summed E-state index contributed by atoms with van der Waals surface area (Å²) in [5.41, 5.74) is 0. The Morgan fingerprint density at radius 2 is 0.893 bits per heavy atom. The van der Waals surface area contributed by atoms with Crippen LogP contribution in [0.2, 0.25) is 0 Å². The van der Waals surface area contributed by atoms with Gasteiger partial charge in [0.15, 0.2) is 0 Å². The minimum atomic E-state index is 0.476. The molecule has 0 unspecified atom stereocenters. The van der Waals surface area contributed by atoms with Crippen molar-refractivity contribution in [3.63, 3.8) is 0 Å². The third-order valence-electron chi connectivity index (χ3n) is 6.20. The molecule has 2 aliphatic rings. The highest BCUT2D eigenvalue weighted by Crippen LogP contribution is 2.39. The van der Waals surface area contributed by atoms with E-state index in [0.717, 1.165) is 37.9 Å². The van der Waals surface area contributed by atoms with Gasteiger partial charge in [-0.1, -0.05) is 62.5 Å². The maximum Gasteiger partial charge on any atom is 0.0654 e. The Kier molecular flexibility index (Phi) is 12.3. The van der Waals surface area contributed by atoms with Crippen LogP contribution in [0.1, 0.15) is 78.1 Å². The first-order valence-electron chi connectivity index (χ1n) is 11.7. The second-order valence-electron chi connectivity index (χ2n) is 8.27. The van der Waals surface area contributed by atoms with Crippen LogP contribution in [0.5, 0.6) is 0 Å². The van der Waals surface area contributed by atoms with Crippen molar-refractivity contribution >= 4 is 0 Å². The first-order valence-corrected chi connectivity index (χ1v) is 11.7. The van der Waals surface area contributed by atoms with Crippen LogP contribution >= 0.6 is 0 Å². The molecule has 2 fully saturated rings. The van der Waals surface area contributed by atoms with Crippen LogP contribution in [0.4, 0.5) is 0 Å². The number of allylic oxidation sites excluding steroid dienone is 6. The third kappa shape index (κ3) is 9.39. The number of hydrogen-bond acceptors (Lipinski definition) is 2. The van der Waals surface area contributed by atoms with Crippen LogP contribution in [0.25, 0.3) is 0 Å². The summed E-state index contributed by atoms with van der Waals surface area (Å²) in [7, 11) is 0. The number of hydrogen-bond donors (Lipinski definition) is 0. The first-order chi connectivity index (χ1) is 13.8. The Bertz CT molecular complexity index is 441. The normalized spacial score (nSPS) is 29.6. The van der Waals surface area contributed by atoms with Gasteiger partial charge < -0.3 is 9.47 Å². The number of ether oxygens (including phenoxy) is 2. The maximum absolute atomic E-state index is 6.04. The summed E-state index contributed by atoms with van der Waals surface area (Å²) in [4.78, 5) is 0. The lowest BCUT2D eigenvalue weighted by Gasteiger charge is -2.37. The van der Waals surface area contributed by atoms with Crippen molar-refractivity contribution in [1.29, 1.82) is 0 Å². The molecule has 2 rings (SSSR count). The van der Waals surface area contributed by atoms with Gasteiger partial charge in [0.25, 0.3) is 0 Å². The molecule has 0 radical (unpaired) electrons. The molecule has 0 aromatic carbocycles. The second kappa shape index (κ2) is 14.8. The van der Waals surface area contributed by atoms with Crippen molar-refractivity contribution in [2.24, 2.45) is 11.8 Å². The summed E-state index contributed by atoms with van der Waals surface area (Å²) in [6.07, 6.45) is 30.6. The van der Waals surface area contributed by atoms with Gasteiger partial charge in [0.2, 0.25) is 0 Å². The molecule has 2 saturated carbocycles. The average Bonchev–Trinajstić information content (AvgIpc) is 2.74. The zero-order valence-electron chi connectivity index (χ0n) is 18.2. The van der Waals surface area contributed by atoms with Gasteiger partial charge in [-0.05, 0) is 76.0 Å². The molecule has 0 aromatic rings. The van der Waals surface area contributed by atoms with Crippen LogP contribution in [-0.4, -0.2) is 25.4 Å². The summed E-state index contributed by atoms with van der Waals surface area (Å²) in [6, 6.07) is 0. The molecule has 2 aliphatic carbocycles. The van der Waals surface area contributed by atoms with E-state index in [1.807, 2.05) is 0 Å². The molecule has 0 aromatic heterocycles. The quantitative estimate of drug-likeness (QED) is 0.350. The van der Waals surface area contributed by atoms with Crippen molar-refractivity contribution in [2.75, 3.05) is 13.2 Å². The van der Waals surface area contributed by atoms with Crippen molar-refractivity contribution in [1.82, 2.24) is 0 Å². The van der Waals surface area contributed by atoms with Gasteiger partial charge in [0.1, 0.15) is 0 Å². The molecule has 0 aliphatic heterocycles. The molecule has 0 bridgehead atoms. The second-order valence-corrected chi connectivity index (χ2v) is 8.27. The first kappa shape index (κ1) is 23.2. The van der Waals surface area contributed by atoms with Gasteiger partial charge in [0, 0.05) is 0 Å². The van der Waals surface area contributed by atoms with E-state index in [4.69, 9.17) is 9.47 Å². The van der Waals surface area contributed by atoms with E-state index in [1.165, 1.54) is 51.4 Å². The minimum Gasteiger partial charge on any atom is -0.374 e. The Morgan fingerprint density at radius 3 is 1.25 bits per heavy atom. The van der Waals surface area contributed by atoms with Crippen LogP contribution in [0.15, 0.2) is 48.6 Å².